The molecule has 0 aromatic rings. The third-order valence-electron chi connectivity index (χ3n) is 0.876. The summed E-state index contributed by atoms with van der Waals surface area (Å²) in [5.74, 6) is 0. The maximum Gasteiger partial charge on any atom is 0.0478 e. The fourth-order valence-corrected chi connectivity index (χ4v) is 2.64. The van der Waals surface area contributed by atoms with Gasteiger partial charge in [-0.3, -0.25) is 0 Å². The quantitative estimate of drug-likeness (QED) is 0.538. The first kappa shape index (κ1) is 5.57. The molecule has 0 aliphatic carbocycles. The summed E-state index contributed by atoms with van der Waals surface area (Å²) in [6.45, 7) is 2.20. The third-order valence-corrected chi connectivity index (χ3v) is 3.27. The summed E-state index contributed by atoms with van der Waals surface area (Å²) in [5, 5.41) is 3.49. The Hall–Kier alpha value is 0.440. The molecule has 0 atom stereocenters. The Bertz CT molecular complexity index is 86.1. The van der Waals surface area contributed by atoms with Gasteiger partial charge in [0, 0.05) is 5.08 Å². The molecule has 0 aromatic heterocycles. The summed E-state index contributed by atoms with van der Waals surface area (Å²) < 4.78 is 0. The Balaban J connectivity index is 2.36. The molecule has 40 valence electrons. The summed E-state index contributed by atoms with van der Waals surface area (Å²) in [7, 11) is 0. The van der Waals surface area contributed by atoms with Gasteiger partial charge >= 0.3 is 0 Å². The third kappa shape index (κ3) is 1.42. The fraction of sp³-hybridized carbons (Fsp3) is 0.600. The van der Waals surface area contributed by atoms with Crippen molar-refractivity contribution in [1.82, 2.24) is 0 Å². The van der Waals surface area contributed by atoms with Crippen LogP contribution in [0.2, 0.25) is 0 Å². The molecular formula is C5H8S2. The first-order valence-electron chi connectivity index (χ1n) is 2.37. The van der Waals surface area contributed by atoms with Crippen LogP contribution in [0.1, 0.15) is 13.3 Å². The molecule has 7 heavy (non-hydrogen) atoms. The van der Waals surface area contributed by atoms with Crippen LogP contribution in [0.3, 0.4) is 0 Å². The van der Waals surface area contributed by atoms with Crippen LogP contribution in [0.4, 0.5) is 0 Å². The van der Waals surface area contributed by atoms with Gasteiger partial charge in [0.05, 0.1) is 0 Å². The van der Waals surface area contributed by atoms with Crippen LogP contribution in [0.5, 0.6) is 0 Å². The molecule has 0 saturated carbocycles. The van der Waals surface area contributed by atoms with Gasteiger partial charge in [0.2, 0.25) is 0 Å². The number of hydrogen-bond acceptors (Lipinski definition) is 2. The molecule has 0 saturated heterocycles. The van der Waals surface area contributed by atoms with Crippen molar-refractivity contribution in [3.05, 3.63) is 10.3 Å². The Labute approximate surface area is 52.7 Å². The molecule has 0 aromatic carbocycles. The summed E-state index contributed by atoms with van der Waals surface area (Å²) in [4.78, 5) is 1.55. The lowest BCUT2D eigenvalue weighted by Gasteiger charge is -1.87. The summed E-state index contributed by atoms with van der Waals surface area (Å²) >= 11 is 3.87. The van der Waals surface area contributed by atoms with Crippen molar-refractivity contribution < 1.29 is 0 Å². The number of rotatable bonds is 1. The average molecular weight is 132 g/mol. The van der Waals surface area contributed by atoms with Crippen molar-refractivity contribution in [1.29, 1.82) is 0 Å². The van der Waals surface area contributed by atoms with E-state index in [2.05, 4.69) is 12.3 Å². The molecule has 0 bridgehead atoms. The molecule has 0 nitrogen and oxygen atoms in total. The van der Waals surface area contributed by atoms with Gasteiger partial charge in [-0.05, 0) is 16.7 Å². The fourth-order valence-electron chi connectivity index (χ4n) is 0.456. The van der Waals surface area contributed by atoms with Gasteiger partial charge in [0.15, 0.2) is 0 Å². The lowest BCUT2D eigenvalue weighted by atomic mass is 10.5. The molecular weight excluding hydrogens is 124 g/mol. The first-order chi connectivity index (χ1) is 3.43. The van der Waals surface area contributed by atoms with Crippen molar-refractivity contribution in [2.24, 2.45) is 0 Å². The van der Waals surface area contributed by atoms with E-state index in [9.17, 15) is 0 Å². The van der Waals surface area contributed by atoms with Crippen LogP contribution in [0, 0.1) is 0 Å². The minimum atomic E-state index is 1.22. The van der Waals surface area contributed by atoms with Gasteiger partial charge in [-0.2, -0.15) is 0 Å². The highest BCUT2D eigenvalue weighted by Crippen LogP contribution is 2.33. The summed E-state index contributed by atoms with van der Waals surface area (Å²) in [6, 6.07) is 0. The second-order valence-corrected chi connectivity index (χ2v) is 3.69. The summed E-state index contributed by atoms with van der Waals surface area (Å²) in [5.41, 5.74) is 0. The largest absolute Gasteiger partial charge is 0.122 e. The van der Waals surface area contributed by atoms with Crippen LogP contribution in [-0.4, -0.2) is 5.08 Å². The summed E-state index contributed by atoms with van der Waals surface area (Å²) in [6.07, 6.45) is 1.22. The van der Waals surface area contributed by atoms with E-state index >= 15 is 0 Å². The average Bonchev–Trinajstić information content (AvgIpc) is 2.14. The van der Waals surface area contributed by atoms with Crippen LogP contribution < -0.4 is 0 Å². The van der Waals surface area contributed by atoms with Crippen LogP contribution in [-0.2, 0) is 0 Å². The predicted octanol–water partition coefficient (Wildman–Crippen LogP) is 2.68. The lowest BCUT2D eigenvalue weighted by Crippen LogP contribution is -1.61. The second kappa shape index (κ2) is 2.68. The maximum atomic E-state index is 2.25. The Morgan fingerprint density at radius 3 is 3.00 bits per heavy atom. The van der Waals surface area contributed by atoms with Crippen molar-refractivity contribution in [2.45, 2.75) is 13.3 Å². The zero-order chi connectivity index (χ0) is 5.11. The zero-order valence-corrected chi connectivity index (χ0v) is 5.94. The van der Waals surface area contributed by atoms with Gasteiger partial charge in [-0.15, -0.1) is 23.5 Å². The van der Waals surface area contributed by atoms with Crippen LogP contribution >= 0.6 is 23.5 Å². The van der Waals surface area contributed by atoms with E-state index in [4.69, 9.17) is 0 Å². The van der Waals surface area contributed by atoms with Gasteiger partial charge in [0.25, 0.3) is 0 Å². The molecule has 0 radical (unpaired) electrons. The van der Waals surface area contributed by atoms with E-state index in [1.165, 1.54) is 11.5 Å². The molecule has 1 rings (SSSR count). The van der Waals surface area contributed by atoms with Crippen molar-refractivity contribution >= 4 is 23.5 Å². The topological polar surface area (TPSA) is 0 Å². The van der Waals surface area contributed by atoms with Crippen molar-refractivity contribution in [3.8, 4) is 0 Å². The van der Waals surface area contributed by atoms with E-state index in [0.717, 1.165) is 0 Å². The molecule has 0 amide bonds. The lowest BCUT2D eigenvalue weighted by molar-refractivity contribution is 1.21. The molecule has 1 aliphatic rings. The van der Waals surface area contributed by atoms with E-state index in [-0.39, 0.29) is 0 Å². The monoisotopic (exact) mass is 132 g/mol. The molecule has 1 heterocycles. The number of allylic oxidation sites excluding steroid dienone is 1. The minimum Gasteiger partial charge on any atom is -0.122 e. The highest BCUT2D eigenvalue weighted by atomic mass is 32.2. The normalized spacial score (nSPS) is 19.9. The van der Waals surface area contributed by atoms with Gasteiger partial charge in [0.1, 0.15) is 0 Å². The van der Waals surface area contributed by atoms with E-state index in [0.29, 0.717) is 0 Å². The molecule has 0 unspecified atom stereocenters. The van der Waals surface area contributed by atoms with E-state index < -0.39 is 0 Å². The van der Waals surface area contributed by atoms with Crippen molar-refractivity contribution in [2.75, 3.05) is 5.08 Å². The standard InChI is InChI=1S/C5H8S2/c1-2-5-3-6-4-7-5/h3H,2,4H2,1H3. The highest BCUT2D eigenvalue weighted by molar-refractivity contribution is 8.22. The Kier molecular flexibility index (Phi) is 2.13. The molecule has 0 fully saturated rings. The van der Waals surface area contributed by atoms with E-state index in [1.54, 1.807) is 4.91 Å². The highest BCUT2D eigenvalue weighted by Gasteiger charge is 2.00. The second-order valence-electron chi connectivity index (χ2n) is 1.37. The Morgan fingerprint density at radius 1 is 1.86 bits per heavy atom. The predicted molar refractivity (Wildman–Crippen MR) is 38.4 cm³/mol. The number of hydrogen-bond donors (Lipinski definition) is 0. The zero-order valence-electron chi connectivity index (χ0n) is 4.31. The SMILES string of the molecule is CCC1=CSCS1. The van der Waals surface area contributed by atoms with Gasteiger partial charge < -0.3 is 0 Å². The van der Waals surface area contributed by atoms with Gasteiger partial charge in [-0.1, -0.05) is 6.92 Å². The minimum absolute atomic E-state index is 1.22. The number of thioether (sulfide) groups is 2. The first-order valence-corrected chi connectivity index (χ1v) is 4.40. The van der Waals surface area contributed by atoms with Gasteiger partial charge in [-0.25, -0.2) is 0 Å². The van der Waals surface area contributed by atoms with Crippen LogP contribution in [0.15, 0.2) is 10.3 Å². The maximum absolute atomic E-state index is 2.25. The molecule has 0 spiro atoms. The smallest absolute Gasteiger partial charge is 0.0478 e. The molecule has 2 heteroatoms. The van der Waals surface area contributed by atoms with Crippen molar-refractivity contribution in [3.63, 3.8) is 0 Å². The molecule has 0 N–H and O–H groups in total. The van der Waals surface area contributed by atoms with Crippen LogP contribution in [0.25, 0.3) is 0 Å². The van der Waals surface area contributed by atoms with E-state index in [1.807, 2.05) is 23.5 Å². The molecule has 1 aliphatic heterocycles. The Morgan fingerprint density at radius 2 is 2.71 bits per heavy atom.